The summed E-state index contributed by atoms with van der Waals surface area (Å²) in [6.45, 7) is 31.3. The molecule has 0 aliphatic heterocycles. The first-order valence-electron chi connectivity index (χ1n) is 30.1. The number of aliphatic carboxylic acids is 1. The van der Waals surface area contributed by atoms with Crippen LogP contribution in [0.25, 0.3) is 0 Å². The monoisotopic (exact) mass is 1210 g/mol. The zero-order valence-corrected chi connectivity index (χ0v) is 53.8. The minimum absolute atomic E-state index is 0.0850. The second-order valence-corrected chi connectivity index (χ2v) is 26.5. The first-order valence-corrected chi connectivity index (χ1v) is 30.1. The Balaban J connectivity index is 0.00000217. The molecule has 1 aliphatic carbocycles. The number of nitrogens with two attached hydrogens (primary N) is 8. The van der Waals surface area contributed by atoms with Gasteiger partial charge in [-0.2, -0.15) is 13.2 Å². The third-order valence-corrected chi connectivity index (χ3v) is 14.6. The zero-order valence-electron chi connectivity index (χ0n) is 53.8. The van der Waals surface area contributed by atoms with Gasteiger partial charge in [-0.15, -0.1) is 0 Å². The van der Waals surface area contributed by atoms with Gasteiger partial charge < -0.3 is 69.9 Å². The Bertz CT molecular complexity index is 2570. The third kappa shape index (κ3) is 23.9. The van der Waals surface area contributed by atoms with E-state index in [1.807, 2.05) is 0 Å². The number of unbranched alkanes of at least 4 members (excludes halogenated alkanes) is 4. The normalized spacial score (nSPS) is 12.6. The number of alkyl halides is 3. The van der Waals surface area contributed by atoms with Crippen molar-refractivity contribution in [1.82, 2.24) is 0 Å². The van der Waals surface area contributed by atoms with Crippen molar-refractivity contribution in [3.8, 4) is 23.0 Å². The Hall–Kier alpha value is -7.58. The molecular formula is C66H101F3N12O6. The van der Waals surface area contributed by atoms with Crippen LogP contribution in [0.5, 0.6) is 23.0 Å². The molecule has 8 bridgehead atoms. The molecule has 4 aromatic carbocycles. The summed E-state index contributed by atoms with van der Waals surface area (Å²) >= 11 is 0. The number of guanidine groups is 4. The minimum Gasteiger partial charge on any atom is -0.493 e. The number of nitrogens with zero attached hydrogens (tertiary/aromatic N) is 4. The van der Waals surface area contributed by atoms with Gasteiger partial charge in [0.25, 0.3) is 0 Å². The van der Waals surface area contributed by atoms with Crippen molar-refractivity contribution in [3.05, 3.63) is 115 Å². The second-order valence-electron chi connectivity index (χ2n) is 26.5. The molecule has 0 spiro atoms. The summed E-state index contributed by atoms with van der Waals surface area (Å²) in [5.41, 5.74) is 58.5. The van der Waals surface area contributed by atoms with Crippen LogP contribution in [0.15, 0.2) is 68.5 Å². The summed E-state index contributed by atoms with van der Waals surface area (Å²) in [6, 6.07) is 18.8. The van der Waals surface area contributed by atoms with Gasteiger partial charge in [-0.1, -0.05) is 132 Å². The van der Waals surface area contributed by atoms with Gasteiger partial charge in [0, 0.05) is 51.9 Å². The second kappa shape index (κ2) is 31.9. The fourth-order valence-corrected chi connectivity index (χ4v) is 9.75. The van der Waals surface area contributed by atoms with Crippen molar-refractivity contribution in [2.24, 2.45) is 65.8 Å². The zero-order chi connectivity index (χ0) is 65.1. The number of rotatable bonds is 24. The summed E-state index contributed by atoms with van der Waals surface area (Å²) in [7, 11) is 0. The molecule has 17 N–H and O–H groups in total. The van der Waals surface area contributed by atoms with E-state index < -0.39 is 12.1 Å². The number of carboxylic acids is 1. The molecule has 0 saturated carbocycles. The molecule has 5 rings (SSSR count). The molecule has 1 aliphatic rings. The average Bonchev–Trinajstić information content (AvgIpc) is 0.930. The number of benzene rings is 4. The van der Waals surface area contributed by atoms with Crippen LogP contribution in [0.2, 0.25) is 0 Å². The Morgan fingerprint density at radius 1 is 0.368 bits per heavy atom. The number of carbonyl (C=O) groups is 1. The van der Waals surface area contributed by atoms with E-state index in [9.17, 15) is 13.2 Å². The van der Waals surface area contributed by atoms with Crippen LogP contribution >= 0.6 is 0 Å². The van der Waals surface area contributed by atoms with Crippen molar-refractivity contribution >= 4 is 29.8 Å². The highest BCUT2D eigenvalue weighted by Crippen LogP contribution is 2.45. The van der Waals surface area contributed by atoms with E-state index in [0.29, 0.717) is 78.3 Å². The molecule has 18 nitrogen and oxygen atoms in total. The molecule has 0 aromatic heterocycles. The van der Waals surface area contributed by atoms with Gasteiger partial charge in [-0.05, 0) is 140 Å². The Morgan fingerprint density at radius 3 is 0.655 bits per heavy atom. The van der Waals surface area contributed by atoms with E-state index >= 15 is 0 Å². The lowest BCUT2D eigenvalue weighted by Crippen LogP contribution is -2.23. The number of halogens is 3. The smallest absolute Gasteiger partial charge is 0.490 e. The molecule has 21 heteroatoms. The molecule has 0 unspecified atom stereocenters. The van der Waals surface area contributed by atoms with E-state index in [1.165, 1.54) is 22.3 Å². The number of carboxylic acid groups (broad SMARTS) is 1. The SMILES string of the molecule is CC(C)(C)c1cc2c(OCCCCN=C(N)N)c(c1)Cc1cc(C(C)(C)C)cc(c1OCCCCN=C(N)N)Cc1cc(C(C)(C)C)cc(c1OCCCCN=C(N)N)Cc1cc(C(C)(C)C)cc(c1OCCCCN=C(N)N)C2.O=C(O)C(F)(F)F. The summed E-state index contributed by atoms with van der Waals surface area (Å²) in [5.74, 6) is 1.02. The standard InChI is InChI=1S/C64H100N12O4.C2HF3O2/c1-61(2,3)49-33-41-29-43-35-50(62(4,5)6)37-45(54(43)78-26-18-14-22-74-58(67)68)31-47-39-52(64(10,11)12)40-48(56(47)80-28-20-16-24-76-60(71)72)32-46-38-51(63(7,8)9)36-44(55(46)79-27-19-15-23-75-59(69)70)30-42(34-49)53(41)77-25-17-13-21-73-57(65)66;3-2(4,5)1(6)7/h33-40H,13-32H2,1-12H3,(H4,65,66,73)(H4,67,68,74)(H4,69,70,75)(H4,71,72,76);(H,6,7). The summed E-state index contributed by atoms with van der Waals surface area (Å²) in [4.78, 5) is 26.0. The molecule has 4 aromatic rings. The number of hydrogen-bond acceptors (Lipinski definition) is 9. The Kier molecular flexibility index (Phi) is 26.3. The maximum Gasteiger partial charge on any atom is 0.490 e. The van der Waals surface area contributed by atoms with E-state index in [-0.39, 0.29) is 45.5 Å². The quantitative estimate of drug-likeness (QED) is 0.0158. The number of ether oxygens (including phenoxy) is 4. The van der Waals surface area contributed by atoms with Crippen molar-refractivity contribution in [2.75, 3.05) is 52.6 Å². The molecule has 0 saturated heterocycles. The minimum atomic E-state index is -5.08. The van der Waals surface area contributed by atoms with Gasteiger partial charge in [0.15, 0.2) is 23.8 Å². The van der Waals surface area contributed by atoms with Crippen molar-refractivity contribution in [1.29, 1.82) is 0 Å². The van der Waals surface area contributed by atoms with Crippen LogP contribution in [-0.2, 0) is 52.1 Å². The molecule has 482 valence electrons. The predicted octanol–water partition coefficient (Wildman–Crippen LogP) is 9.92. The maximum atomic E-state index is 10.6. The van der Waals surface area contributed by atoms with Crippen LogP contribution in [-0.4, -0.2) is 93.7 Å². The first-order chi connectivity index (χ1) is 40.4. The molecule has 0 amide bonds. The largest absolute Gasteiger partial charge is 0.493 e. The van der Waals surface area contributed by atoms with E-state index in [4.69, 9.17) is 74.7 Å². The molecule has 0 heterocycles. The van der Waals surface area contributed by atoms with Crippen LogP contribution in [0.1, 0.15) is 201 Å². The molecule has 87 heavy (non-hydrogen) atoms. The van der Waals surface area contributed by atoms with Gasteiger partial charge in [-0.3, -0.25) is 20.0 Å². The highest BCUT2D eigenvalue weighted by molar-refractivity contribution is 5.76. The van der Waals surface area contributed by atoms with Crippen LogP contribution in [0.3, 0.4) is 0 Å². The topological polar surface area (TPSA) is 332 Å². The predicted molar refractivity (Wildman–Crippen MR) is 347 cm³/mol. The number of aliphatic imine (C=N–C) groups is 4. The van der Waals surface area contributed by atoms with E-state index in [2.05, 4.69) is 152 Å². The average molecular weight is 1220 g/mol. The first kappa shape index (κ1) is 71.9. The summed E-state index contributed by atoms with van der Waals surface area (Å²) < 4.78 is 60.4. The lowest BCUT2D eigenvalue weighted by atomic mass is 9.79. The third-order valence-electron chi connectivity index (χ3n) is 14.6. The molecule has 0 fully saturated rings. The number of hydrogen-bond donors (Lipinski definition) is 9. The molecular weight excluding hydrogens is 1110 g/mol. The molecule has 0 atom stereocenters. The Morgan fingerprint density at radius 2 is 0.529 bits per heavy atom. The van der Waals surface area contributed by atoms with Gasteiger partial charge in [0.2, 0.25) is 0 Å². The van der Waals surface area contributed by atoms with Crippen LogP contribution in [0, 0.1) is 0 Å². The van der Waals surface area contributed by atoms with Gasteiger partial charge in [0.05, 0.1) is 26.4 Å². The fraction of sp³-hybridized carbons (Fsp3) is 0.561. The number of fused-ring (bicyclic) bond motifs is 8. The summed E-state index contributed by atoms with van der Waals surface area (Å²) in [5, 5.41) is 7.12. The van der Waals surface area contributed by atoms with Gasteiger partial charge in [0.1, 0.15) is 23.0 Å². The van der Waals surface area contributed by atoms with Crippen molar-refractivity contribution in [3.63, 3.8) is 0 Å². The summed E-state index contributed by atoms with van der Waals surface area (Å²) in [6.07, 6.45) is 3.14. The van der Waals surface area contributed by atoms with Crippen molar-refractivity contribution < 1.29 is 42.0 Å². The van der Waals surface area contributed by atoms with E-state index in [0.717, 1.165) is 119 Å². The van der Waals surface area contributed by atoms with E-state index in [1.54, 1.807) is 0 Å². The van der Waals surface area contributed by atoms with Crippen LogP contribution < -0.4 is 64.8 Å². The van der Waals surface area contributed by atoms with Crippen molar-refractivity contribution in [2.45, 2.75) is 188 Å². The Labute approximate surface area is 514 Å². The maximum absolute atomic E-state index is 10.6. The fourth-order valence-electron chi connectivity index (χ4n) is 9.75. The van der Waals surface area contributed by atoms with Gasteiger partial charge >= 0.3 is 12.1 Å². The van der Waals surface area contributed by atoms with Crippen LogP contribution in [0.4, 0.5) is 13.2 Å². The molecule has 0 radical (unpaired) electrons. The highest BCUT2D eigenvalue weighted by Gasteiger charge is 2.38. The highest BCUT2D eigenvalue weighted by atomic mass is 19.4. The lowest BCUT2D eigenvalue weighted by Gasteiger charge is -2.29. The lowest BCUT2D eigenvalue weighted by molar-refractivity contribution is -0.192. The van der Waals surface area contributed by atoms with Gasteiger partial charge in [-0.25, -0.2) is 4.79 Å².